The average molecular weight is 163 g/mol. The normalized spacial score (nSPS) is 15.4. The Hall–Kier alpha value is -1.58. The molecular formula is C8H9N3O. The van der Waals surface area contributed by atoms with Crippen LogP contribution in [0.3, 0.4) is 0 Å². The first-order valence-corrected chi connectivity index (χ1v) is 3.74. The fraction of sp³-hybridized carbons (Fsp3) is 0.250. The number of anilines is 2. The van der Waals surface area contributed by atoms with Gasteiger partial charge in [0.15, 0.2) is 5.82 Å². The number of likely N-dealkylation sites (N-methyl/N-ethyl adjacent to an activating group) is 1. The van der Waals surface area contributed by atoms with Gasteiger partial charge in [0.2, 0.25) is 5.91 Å². The summed E-state index contributed by atoms with van der Waals surface area (Å²) in [4.78, 5) is 16.8. The molecule has 1 aromatic heterocycles. The summed E-state index contributed by atoms with van der Waals surface area (Å²) < 4.78 is 0. The molecule has 4 heteroatoms. The number of hydrogen-bond donors (Lipinski definition) is 1. The number of hydrogen-bond acceptors (Lipinski definition) is 3. The lowest BCUT2D eigenvalue weighted by molar-refractivity contribution is -0.116. The second-order valence-electron chi connectivity index (χ2n) is 2.68. The summed E-state index contributed by atoms with van der Waals surface area (Å²) in [5.74, 6) is 0.745. The zero-order chi connectivity index (χ0) is 8.55. The molecule has 0 atom stereocenters. The molecule has 0 aromatic carbocycles. The number of pyridine rings is 1. The van der Waals surface area contributed by atoms with Crippen LogP contribution in [-0.4, -0.2) is 24.5 Å². The molecule has 1 aliphatic rings. The highest BCUT2D eigenvalue weighted by Gasteiger charge is 2.20. The highest BCUT2D eigenvalue weighted by molar-refractivity contribution is 6.00. The van der Waals surface area contributed by atoms with Crippen LogP contribution in [0.5, 0.6) is 0 Å². The molecular weight excluding hydrogens is 154 g/mol. The van der Waals surface area contributed by atoms with E-state index in [1.807, 2.05) is 12.1 Å². The van der Waals surface area contributed by atoms with Gasteiger partial charge in [0, 0.05) is 13.2 Å². The number of amides is 1. The Labute approximate surface area is 70.2 Å². The number of aromatic nitrogens is 1. The Morgan fingerprint density at radius 2 is 2.50 bits per heavy atom. The summed E-state index contributed by atoms with van der Waals surface area (Å²) in [5, 5.41) is 2.99. The standard InChI is InChI=1S/C8H9N3O/c1-11-7(12)5-10-6-3-2-4-9-8(6)11/h2-4,10H,5H2,1H3. The maximum absolute atomic E-state index is 11.2. The van der Waals surface area contributed by atoms with Gasteiger partial charge in [-0.05, 0) is 12.1 Å². The van der Waals surface area contributed by atoms with E-state index in [-0.39, 0.29) is 5.91 Å². The van der Waals surface area contributed by atoms with E-state index >= 15 is 0 Å². The van der Waals surface area contributed by atoms with Crippen molar-refractivity contribution >= 4 is 17.4 Å². The van der Waals surface area contributed by atoms with E-state index in [2.05, 4.69) is 10.3 Å². The van der Waals surface area contributed by atoms with E-state index in [1.165, 1.54) is 0 Å². The van der Waals surface area contributed by atoms with Gasteiger partial charge in [-0.25, -0.2) is 4.98 Å². The van der Waals surface area contributed by atoms with Crippen LogP contribution in [0, 0.1) is 0 Å². The molecule has 12 heavy (non-hydrogen) atoms. The Morgan fingerprint density at radius 1 is 1.67 bits per heavy atom. The lowest BCUT2D eigenvalue weighted by Crippen LogP contribution is -2.37. The van der Waals surface area contributed by atoms with Crippen LogP contribution in [0.1, 0.15) is 0 Å². The van der Waals surface area contributed by atoms with E-state index in [9.17, 15) is 4.79 Å². The van der Waals surface area contributed by atoms with Gasteiger partial charge >= 0.3 is 0 Å². The lowest BCUT2D eigenvalue weighted by Gasteiger charge is -2.24. The third-order valence-electron chi connectivity index (χ3n) is 1.91. The van der Waals surface area contributed by atoms with Gasteiger partial charge in [0.25, 0.3) is 0 Å². The van der Waals surface area contributed by atoms with Crippen LogP contribution in [0.25, 0.3) is 0 Å². The topological polar surface area (TPSA) is 45.2 Å². The minimum atomic E-state index is 0.0428. The van der Waals surface area contributed by atoms with Crippen molar-refractivity contribution in [3.63, 3.8) is 0 Å². The smallest absolute Gasteiger partial charge is 0.247 e. The minimum absolute atomic E-state index is 0.0428. The SMILES string of the molecule is CN1C(=O)CNc2cccnc21. The summed E-state index contributed by atoms with van der Waals surface area (Å²) in [5.41, 5.74) is 0.916. The molecule has 1 N–H and O–H groups in total. The molecule has 0 spiro atoms. The highest BCUT2D eigenvalue weighted by Crippen LogP contribution is 2.24. The monoisotopic (exact) mass is 163 g/mol. The maximum Gasteiger partial charge on any atom is 0.247 e. The summed E-state index contributed by atoms with van der Waals surface area (Å²) in [6.45, 7) is 0.356. The van der Waals surface area contributed by atoms with Crippen LogP contribution in [0.4, 0.5) is 11.5 Å². The molecule has 0 saturated carbocycles. The fourth-order valence-corrected chi connectivity index (χ4v) is 1.21. The number of rotatable bonds is 0. The van der Waals surface area contributed by atoms with Crippen molar-refractivity contribution in [2.75, 3.05) is 23.8 Å². The summed E-state index contributed by atoms with van der Waals surface area (Å²) in [6.07, 6.45) is 1.68. The van der Waals surface area contributed by atoms with Crippen LogP contribution in [0.15, 0.2) is 18.3 Å². The minimum Gasteiger partial charge on any atom is -0.373 e. The molecule has 1 aromatic rings. The highest BCUT2D eigenvalue weighted by atomic mass is 16.2. The van der Waals surface area contributed by atoms with Gasteiger partial charge in [-0.1, -0.05) is 0 Å². The quantitative estimate of drug-likeness (QED) is 0.604. The maximum atomic E-state index is 11.2. The first-order chi connectivity index (χ1) is 5.79. The van der Waals surface area contributed by atoms with Crippen molar-refractivity contribution < 1.29 is 4.79 Å². The summed E-state index contributed by atoms with van der Waals surface area (Å²) in [7, 11) is 1.73. The predicted molar refractivity (Wildman–Crippen MR) is 46.1 cm³/mol. The number of nitrogens with one attached hydrogen (secondary N) is 1. The number of carbonyl (C=O) groups excluding carboxylic acids is 1. The third kappa shape index (κ3) is 0.922. The van der Waals surface area contributed by atoms with Gasteiger partial charge in [-0.15, -0.1) is 0 Å². The molecule has 0 fully saturated rings. The van der Waals surface area contributed by atoms with Crippen molar-refractivity contribution in [3.8, 4) is 0 Å². The Kier molecular flexibility index (Phi) is 1.46. The summed E-state index contributed by atoms with van der Waals surface area (Å²) >= 11 is 0. The van der Waals surface area contributed by atoms with Gasteiger partial charge in [-0.2, -0.15) is 0 Å². The lowest BCUT2D eigenvalue weighted by atomic mass is 10.3. The van der Waals surface area contributed by atoms with Crippen LogP contribution in [-0.2, 0) is 4.79 Å². The van der Waals surface area contributed by atoms with E-state index in [0.717, 1.165) is 5.69 Å². The van der Waals surface area contributed by atoms with Gasteiger partial charge in [0.1, 0.15) is 0 Å². The van der Waals surface area contributed by atoms with Gasteiger partial charge < -0.3 is 5.32 Å². The average Bonchev–Trinajstić information content (AvgIpc) is 2.12. The van der Waals surface area contributed by atoms with Gasteiger partial charge in [0.05, 0.1) is 12.2 Å². The van der Waals surface area contributed by atoms with Crippen molar-refractivity contribution in [3.05, 3.63) is 18.3 Å². The van der Waals surface area contributed by atoms with Crippen LogP contribution in [0.2, 0.25) is 0 Å². The molecule has 0 radical (unpaired) electrons. The van der Waals surface area contributed by atoms with Crippen LogP contribution < -0.4 is 10.2 Å². The van der Waals surface area contributed by atoms with E-state index in [4.69, 9.17) is 0 Å². The fourth-order valence-electron chi connectivity index (χ4n) is 1.21. The number of nitrogens with zero attached hydrogens (tertiary/aromatic N) is 2. The first-order valence-electron chi connectivity index (χ1n) is 3.74. The molecule has 1 amide bonds. The van der Waals surface area contributed by atoms with E-state index in [1.54, 1.807) is 18.1 Å². The Balaban J connectivity index is 2.48. The third-order valence-corrected chi connectivity index (χ3v) is 1.91. The molecule has 62 valence electrons. The van der Waals surface area contributed by atoms with Crippen LogP contribution >= 0.6 is 0 Å². The van der Waals surface area contributed by atoms with Crippen molar-refractivity contribution in [1.82, 2.24) is 4.98 Å². The second kappa shape index (κ2) is 2.48. The van der Waals surface area contributed by atoms with E-state index < -0.39 is 0 Å². The second-order valence-corrected chi connectivity index (χ2v) is 2.68. The molecule has 0 unspecified atom stereocenters. The van der Waals surface area contributed by atoms with Crippen molar-refractivity contribution in [2.45, 2.75) is 0 Å². The molecule has 1 aliphatic heterocycles. The first kappa shape index (κ1) is 7.09. The molecule has 4 nitrogen and oxygen atoms in total. The molecule has 0 saturated heterocycles. The number of fused-ring (bicyclic) bond motifs is 1. The largest absolute Gasteiger partial charge is 0.373 e. The molecule has 2 rings (SSSR count). The van der Waals surface area contributed by atoms with Gasteiger partial charge in [-0.3, -0.25) is 9.69 Å². The van der Waals surface area contributed by atoms with E-state index in [0.29, 0.717) is 12.4 Å². The number of carbonyl (C=O) groups is 1. The molecule has 2 heterocycles. The predicted octanol–water partition coefficient (Wildman–Crippen LogP) is 0.470. The molecule has 0 bridgehead atoms. The van der Waals surface area contributed by atoms with Crippen molar-refractivity contribution in [2.24, 2.45) is 0 Å². The van der Waals surface area contributed by atoms with Crippen molar-refractivity contribution in [1.29, 1.82) is 0 Å². The molecule has 0 aliphatic carbocycles. The summed E-state index contributed by atoms with van der Waals surface area (Å²) in [6, 6.07) is 3.75. The Morgan fingerprint density at radius 3 is 3.33 bits per heavy atom. The zero-order valence-electron chi connectivity index (χ0n) is 6.74. The Bertz CT molecular complexity index is 324. The zero-order valence-corrected chi connectivity index (χ0v) is 6.74.